The summed E-state index contributed by atoms with van der Waals surface area (Å²) >= 11 is 0. The summed E-state index contributed by atoms with van der Waals surface area (Å²) in [5.41, 5.74) is 11.9. The second-order valence-corrected chi connectivity index (χ2v) is 4.94. The lowest BCUT2D eigenvalue weighted by Gasteiger charge is -2.14. The molecule has 5 N–H and O–H groups in total. The molecule has 2 aromatic carbocycles. The van der Waals surface area contributed by atoms with E-state index < -0.39 is 18.0 Å². The third-order valence-corrected chi connectivity index (χ3v) is 3.02. The van der Waals surface area contributed by atoms with Crippen molar-refractivity contribution in [2.24, 2.45) is 16.5 Å². The van der Waals surface area contributed by atoms with Crippen LogP contribution in [0.2, 0.25) is 0 Å². The fourth-order valence-corrected chi connectivity index (χ4v) is 1.96. The van der Waals surface area contributed by atoms with Crippen LogP contribution in [0.25, 0.3) is 0 Å². The van der Waals surface area contributed by atoms with Gasteiger partial charge in [-0.05, 0) is 29.8 Å². The number of rotatable bonds is 5. The van der Waals surface area contributed by atoms with Gasteiger partial charge in [0.2, 0.25) is 5.91 Å². The van der Waals surface area contributed by atoms with E-state index in [9.17, 15) is 18.0 Å². The van der Waals surface area contributed by atoms with Crippen molar-refractivity contribution >= 4 is 17.6 Å². The molecule has 0 heterocycles. The quantitative estimate of drug-likeness (QED) is 0.568. The molecular weight excluding hydrogens is 337 g/mol. The van der Waals surface area contributed by atoms with E-state index in [2.05, 4.69) is 15.0 Å². The molecule has 1 amide bonds. The summed E-state index contributed by atoms with van der Waals surface area (Å²) in [6.45, 7) is 0.113. The fraction of sp³-hybridized carbons (Fsp3) is 0.125. The number of hydrogen-bond acceptors (Lipinski definition) is 3. The fourth-order valence-electron chi connectivity index (χ4n) is 1.96. The maximum absolute atomic E-state index is 12.4. The minimum absolute atomic E-state index is 0.0203. The topological polar surface area (TPSA) is 103 Å². The normalized spacial score (nSPS) is 11.9. The van der Waals surface area contributed by atoms with Crippen molar-refractivity contribution in [3.63, 3.8) is 0 Å². The van der Waals surface area contributed by atoms with E-state index in [1.165, 1.54) is 18.2 Å². The van der Waals surface area contributed by atoms with Crippen molar-refractivity contribution < 1.29 is 22.7 Å². The number of primary amides is 1. The lowest BCUT2D eigenvalue weighted by Crippen LogP contribution is -2.24. The van der Waals surface area contributed by atoms with Crippen molar-refractivity contribution in [2.45, 2.75) is 12.9 Å². The standard InChI is InChI=1S/C16H15F3N4O2/c17-16(18,19)25-13-7-2-1-6-12(13)23-15(21)22-9-10-4-3-5-11(8-10)14(20)24/h1-8H,9H2,(H2,20,24)(H3,21,22,23). The Hall–Kier alpha value is -3.23. The van der Waals surface area contributed by atoms with Gasteiger partial charge in [-0.2, -0.15) is 0 Å². The van der Waals surface area contributed by atoms with Gasteiger partial charge in [0.1, 0.15) is 0 Å². The predicted octanol–water partition coefficient (Wildman–Crippen LogP) is 2.61. The Balaban J connectivity index is 2.09. The lowest BCUT2D eigenvalue weighted by atomic mass is 10.1. The number of carbonyl (C=O) groups excluding carboxylic acids is 1. The molecule has 0 atom stereocenters. The summed E-state index contributed by atoms with van der Waals surface area (Å²) < 4.78 is 41.1. The molecule has 6 nitrogen and oxygen atoms in total. The number of alkyl halides is 3. The molecule has 0 saturated carbocycles. The number of carbonyl (C=O) groups is 1. The Morgan fingerprint density at radius 3 is 2.52 bits per heavy atom. The Morgan fingerprint density at radius 1 is 1.12 bits per heavy atom. The average molecular weight is 352 g/mol. The third-order valence-electron chi connectivity index (χ3n) is 3.02. The number of nitrogens with one attached hydrogen (secondary N) is 1. The largest absolute Gasteiger partial charge is 0.573 e. The van der Waals surface area contributed by atoms with Crippen LogP contribution in [0.3, 0.4) is 0 Å². The van der Waals surface area contributed by atoms with Crippen molar-refractivity contribution in [3.8, 4) is 5.75 Å². The maximum Gasteiger partial charge on any atom is 0.573 e. The monoisotopic (exact) mass is 352 g/mol. The second-order valence-electron chi connectivity index (χ2n) is 4.94. The third kappa shape index (κ3) is 5.72. The molecule has 25 heavy (non-hydrogen) atoms. The van der Waals surface area contributed by atoms with Crippen molar-refractivity contribution in [1.29, 1.82) is 0 Å². The molecule has 0 bridgehead atoms. The summed E-state index contributed by atoms with van der Waals surface area (Å²) in [7, 11) is 0. The molecule has 0 aliphatic heterocycles. The van der Waals surface area contributed by atoms with Gasteiger partial charge in [0.15, 0.2) is 11.7 Å². The van der Waals surface area contributed by atoms with E-state index in [-0.39, 0.29) is 18.2 Å². The van der Waals surface area contributed by atoms with E-state index in [1.54, 1.807) is 24.3 Å². The zero-order valence-electron chi connectivity index (χ0n) is 12.9. The van der Waals surface area contributed by atoms with Crippen LogP contribution in [0.4, 0.5) is 18.9 Å². The summed E-state index contributed by atoms with van der Waals surface area (Å²) in [4.78, 5) is 15.1. The minimum atomic E-state index is -4.82. The van der Waals surface area contributed by atoms with Gasteiger partial charge >= 0.3 is 6.36 Å². The van der Waals surface area contributed by atoms with Crippen LogP contribution in [-0.2, 0) is 6.54 Å². The number of anilines is 1. The lowest BCUT2D eigenvalue weighted by molar-refractivity contribution is -0.274. The van der Waals surface area contributed by atoms with Crippen LogP contribution in [0.5, 0.6) is 5.75 Å². The molecule has 0 saturated heterocycles. The summed E-state index contributed by atoms with van der Waals surface area (Å²) in [5, 5.41) is 2.55. The van der Waals surface area contributed by atoms with Gasteiger partial charge < -0.3 is 21.5 Å². The van der Waals surface area contributed by atoms with Crippen LogP contribution in [0, 0.1) is 0 Å². The van der Waals surface area contributed by atoms with Crippen molar-refractivity contribution in [3.05, 3.63) is 59.7 Å². The molecule has 2 aromatic rings. The van der Waals surface area contributed by atoms with Gasteiger partial charge in [0.25, 0.3) is 0 Å². The number of para-hydroxylation sites is 2. The first kappa shape index (κ1) is 18.1. The summed E-state index contributed by atoms with van der Waals surface area (Å²) in [6, 6.07) is 11.9. The number of halogens is 3. The highest BCUT2D eigenvalue weighted by Crippen LogP contribution is 2.29. The predicted molar refractivity (Wildman–Crippen MR) is 87.0 cm³/mol. The van der Waals surface area contributed by atoms with Gasteiger partial charge in [-0.1, -0.05) is 24.3 Å². The van der Waals surface area contributed by atoms with Crippen molar-refractivity contribution in [2.75, 3.05) is 5.32 Å². The molecule has 0 fully saturated rings. The average Bonchev–Trinajstić information content (AvgIpc) is 2.54. The number of guanidine groups is 1. The van der Waals surface area contributed by atoms with Gasteiger partial charge in [-0.25, -0.2) is 4.99 Å². The van der Waals surface area contributed by atoms with Gasteiger partial charge in [-0.3, -0.25) is 4.79 Å². The first-order chi connectivity index (χ1) is 11.7. The first-order valence-corrected chi connectivity index (χ1v) is 7.05. The molecular formula is C16H15F3N4O2. The van der Waals surface area contributed by atoms with Crippen LogP contribution in [0.1, 0.15) is 15.9 Å². The Morgan fingerprint density at radius 2 is 1.84 bits per heavy atom. The number of nitrogens with zero attached hydrogens (tertiary/aromatic N) is 1. The van der Waals surface area contributed by atoms with Crippen molar-refractivity contribution in [1.82, 2.24) is 0 Å². The van der Waals surface area contributed by atoms with E-state index in [0.29, 0.717) is 11.1 Å². The van der Waals surface area contributed by atoms with E-state index in [0.717, 1.165) is 6.07 Å². The number of hydrogen-bond donors (Lipinski definition) is 3. The highest BCUT2D eigenvalue weighted by atomic mass is 19.4. The van der Waals surface area contributed by atoms with Crippen LogP contribution < -0.4 is 21.5 Å². The number of amides is 1. The molecule has 132 valence electrons. The minimum Gasteiger partial charge on any atom is -0.404 e. The number of nitrogens with two attached hydrogens (primary N) is 2. The summed E-state index contributed by atoms with van der Waals surface area (Å²) in [6.07, 6.45) is -4.82. The Bertz CT molecular complexity index is 791. The van der Waals surface area contributed by atoms with Crippen LogP contribution in [0.15, 0.2) is 53.5 Å². The van der Waals surface area contributed by atoms with Crippen LogP contribution in [-0.4, -0.2) is 18.2 Å². The maximum atomic E-state index is 12.4. The van der Waals surface area contributed by atoms with Gasteiger partial charge in [-0.15, -0.1) is 13.2 Å². The Kier molecular flexibility index (Phi) is 5.48. The smallest absolute Gasteiger partial charge is 0.404 e. The zero-order valence-corrected chi connectivity index (χ0v) is 12.9. The molecule has 0 radical (unpaired) electrons. The Labute approximate surface area is 141 Å². The first-order valence-electron chi connectivity index (χ1n) is 7.05. The molecule has 0 aliphatic rings. The molecule has 0 aliphatic carbocycles. The second kappa shape index (κ2) is 7.56. The SMILES string of the molecule is NC(=O)c1cccc(CN=C(N)Nc2ccccc2OC(F)(F)F)c1. The van der Waals surface area contributed by atoms with E-state index in [1.807, 2.05) is 0 Å². The highest BCUT2D eigenvalue weighted by Gasteiger charge is 2.32. The number of benzene rings is 2. The molecule has 2 rings (SSSR count). The highest BCUT2D eigenvalue weighted by molar-refractivity contribution is 5.94. The van der Waals surface area contributed by atoms with E-state index >= 15 is 0 Å². The van der Waals surface area contributed by atoms with Gasteiger partial charge in [0.05, 0.1) is 12.2 Å². The van der Waals surface area contributed by atoms with Crippen LogP contribution >= 0.6 is 0 Å². The molecule has 9 heteroatoms. The molecule has 0 aromatic heterocycles. The number of ether oxygens (including phenoxy) is 1. The molecule has 0 unspecified atom stereocenters. The summed E-state index contributed by atoms with van der Waals surface area (Å²) in [5.74, 6) is -1.11. The van der Waals surface area contributed by atoms with E-state index in [4.69, 9.17) is 11.5 Å². The van der Waals surface area contributed by atoms with Gasteiger partial charge in [0, 0.05) is 5.56 Å². The number of aliphatic imine (C=N–C) groups is 1. The molecule has 0 spiro atoms. The zero-order chi connectivity index (χ0) is 18.4.